The molecule has 2 aromatic rings. The van der Waals surface area contributed by atoms with Gasteiger partial charge in [0.05, 0.1) is 21.3 Å². The van der Waals surface area contributed by atoms with Crippen LogP contribution in [0.1, 0.15) is 37.9 Å². The average Bonchev–Trinajstić information content (AvgIpc) is 2.92. The molecule has 0 spiro atoms. The van der Waals surface area contributed by atoms with Crippen LogP contribution in [-0.2, 0) is 6.42 Å². The quantitative estimate of drug-likeness (QED) is 0.846. The lowest BCUT2D eigenvalue weighted by molar-refractivity contribution is 0.643. The Morgan fingerprint density at radius 2 is 2.11 bits per heavy atom. The molecule has 0 aliphatic heterocycles. The third-order valence-corrected chi connectivity index (χ3v) is 4.69. The average molecular weight is 295 g/mol. The maximum atomic E-state index is 4.66. The van der Waals surface area contributed by atoms with Crippen LogP contribution in [0.3, 0.4) is 0 Å². The van der Waals surface area contributed by atoms with E-state index >= 15 is 0 Å². The molecule has 0 amide bonds. The highest BCUT2D eigenvalue weighted by Crippen LogP contribution is 2.33. The molecule has 0 bridgehead atoms. The molecule has 0 radical (unpaired) electrons. The zero-order valence-corrected chi connectivity index (χ0v) is 13.6. The molecule has 0 fully saturated rings. The van der Waals surface area contributed by atoms with Crippen LogP contribution in [0.4, 0.5) is 5.13 Å². The van der Waals surface area contributed by atoms with Crippen LogP contribution >= 0.6 is 22.7 Å². The van der Waals surface area contributed by atoms with Crippen molar-refractivity contribution in [2.75, 3.05) is 11.9 Å². The molecule has 2 heterocycles. The monoisotopic (exact) mass is 295 g/mol. The van der Waals surface area contributed by atoms with Gasteiger partial charge in [0.25, 0.3) is 0 Å². The van der Waals surface area contributed by atoms with Gasteiger partial charge in [-0.3, -0.25) is 0 Å². The first kappa shape index (κ1) is 14.5. The molecule has 0 saturated heterocycles. The maximum absolute atomic E-state index is 4.66. The Hall–Kier alpha value is -0.940. The van der Waals surface area contributed by atoms with E-state index in [1.165, 1.54) is 9.88 Å². The molecule has 0 saturated carbocycles. The van der Waals surface area contributed by atoms with Gasteiger partial charge in [-0.15, -0.1) is 22.7 Å². The van der Waals surface area contributed by atoms with Crippen molar-refractivity contribution in [3.05, 3.63) is 16.1 Å². The van der Waals surface area contributed by atoms with Gasteiger partial charge in [0, 0.05) is 18.3 Å². The molecule has 0 aliphatic rings. The Balaban J connectivity index is 2.16. The molecule has 5 heteroatoms. The molecule has 0 unspecified atom stereocenters. The number of nitrogens with zero attached hydrogens (tertiary/aromatic N) is 2. The van der Waals surface area contributed by atoms with Gasteiger partial charge in [-0.25, -0.2) is 9.97 Å². The summed E-state index contributed by atoms with van der Waals surface area (Å²) < 4.78 is 0. The summed E-state index contributed by atoms with van der Waals surface area (Å²) >= 11 is 3.46. The summed E-state index contributed by atoms with van der Waals surface area (Å²) in [6.45, 7) is 9.67. The van der Waals surface area contributed by atoms with E-state index in [0.717, 1.165) is 35.9 Å². The van der Waals surface area contributed by atoms with Crippen molar-refractivity contribution in [3.63, 3.8) is 0 Å². The van der Waals surface area contributed by atoms with Gasteiger partial charge in [0.15, 0.2) is 5.13 Å². The molecular weight excluding hydrogens is 274 g/mol. The Labute approximate surface area is 123 Å². The van der Waals surface area contributed by atoms with Crippen LogP contribution in [0.25, 0.3) is 10.6 Å². The zero-order chi connectivity index (χ0) is 13.8. The largest absolute Gasteiger partial charge is 0.362 e. The fourth-order valence-corrected chi connectivity index (χ4v) is 3.86. The van der Waals surface area contributed by atoms with Gasteiger partial charge in [-0.2, -0.15) is 0 Å². The molecule has 0 aromatic carbocycles. The Kier molecular flexibility index (Phi) is 4.93. The van der Waals surface area contributed by atoms with E-state index in [4.69, 9.17) is 0 Å². The second-order valence-electron chi connectivity index (χ2n) is 5.08. The summed E-state index contributed by atoms with van der Waals surface area (Å²) in [7, 11) is 0. The van der Waals surface area contributed by atoms with E-state index in [2.05, 4.69) is 48.4 Å². The van der Waals surface area contributed by atoms with Crippen molar-refractivity contribution in [3.8, 4) is 10.6 Å². The molecule has 0 atom stereocenters. The molecule has 19 heavy (non-hydrogen) atoms. The summed E-state index contributed by atoms with van der Waals surface area (Å²) in [5, 5.41) is 7.69. The van der Waals surface area contributed by atoms with Gasteiger partial charge in [-0.1, -0.05) is 20.8 Å². The molecular formula is C14H21N3S2. The minimum Gasteiger partial charge on any atom is -0.362 e. The van der Waals surface area contributed by atoms with Gasteiger partial charge < -0.3 is 5.32 Å². The highest BCUT2D eigenvalue weighted by molar-refractivity contribution is 7.16. The number of hydrogen-bond donors (Lipinski definition) is 1. The van der Waals surface area contributed by atoms with Crippen LogP contribution in [0.15, 0.2) is 5.38 Å². The number of anilines is 1. The van der Waals surface area contributed by atoms with Gasteiger partial charge in [0.2, 0.25) is 0 Å². The summed E-state index contributed by atoms with van der Waals surface area (Å²) in [6.07, 6.45) is 2.17. The number of nitrogens with one attached hydrogen (secondary N) is 1. The maximum Gasteiger partial charge on any atom is 0.183 e. The fourth-order valence-electron chi connectivity index (χ4n) is 1.82. The topological polar surface area (TPSA) is 37.8 Å². The van der Waals surface area contributed by atoms with Crippen molar-refractivity contribution in [1.82, 2.24) is 9.97 Å². The molecule has 104 valence electrons. The van der Waals surface area contributed by atoms with Gasteiger partial charge in [-0.05, 0) is 19.3 Å². The van der Waals surface area contributed by atoms with Crippen LogP contribution in [0.2, 0.25) is 0 Å². The highest BCUT2D eigenvalue weighted by Gasteiger charge is 2.13. The predicted molar refractivity (Wildman–Crippen MR) is 85.3 cm³/mol. The van der Waals surface area contributed by atoms with Crippen LogP contribution in [0, 0.1) is 12.8 Å². The van der Waals surface area contributed by atoms with E-state index in [9.17, 15) is 0 Å². The standard InChI is InChI=1S/C14H21N3S2/c1-5-6-15-14-17-11(8-18-14)13-10(4)16-12(19-13)7-9(2)3/h8-9H,5-7H2,1-4H3,(H,15,17). The number of aromatic nitrogens is 2. The van der Waals surface area contributed by atoms with Crippen LogP contribution in [-0.4, -0.2) is 16.5 Å². The van der Waals surface area contributed by atoms with E-state index in [1.807, 2.05) is 0 Å². The second kappa shape index (κ2) is 6.48. The molecule has 0 aliphatic carbocycles. The molecule has 3 nitrogen and oxygen atoms in total. The van der Waals surface area contributed by atoms with Crippen LogP contribution < -0.4 is 5.32 Å². The van der Waals surface area contributed by atoms with E-state index in [0.29, 0.717) is 5.92 Å². The van der Waals surface area contributed by atoms with E-state index in [-0.39, 0.29) is 0 Å². The zero-order valence-electron chi connectivity index (χ0n) is 12.0. The van der Waals surface area contributed by atoms with Crippen molar-refractivity contribution >= 4 is 27.8 Å². The smallest absolute Gasteiger partial charge is 0.183 e. The lowest BCUT2D eigenvalue weighted by Crippen LogP contribution is -1.98. The summed E-state index contributed by atoms with van der Waals surface area (Å²) in [4.78, 5) is 10.5. The first-order valence-electron chi connectivity index (χ1n) is 6.76. The Morgan fingerprint density at radius 3 is 2.79 bits per heavy atom. The van der Waals surface area contributed by atoms with Crippen molar-refractivity contribution in [1.29, 1.82) is 0 Å². The normalized spacial score (nSPS) is 11.2. The number of thiazole rings is 2. The molecule has 2 aromatic heterocycles. The lowest BCUT2D eigenvalue weighted by atomic mass is 10.1. The van der Waals surface area contributed by atoms with E-state index < -0.39 is 0 Å². The first-order chi connectivity index (χ1) is 9.10. The van der Waals surface area contributed by atoms with E-state index in [1.54, 1.807) is 22.7 Å². The van der Waals surface area contributed by atoms with Crippen molar-refractivity contribution in [2.45, 2.75) is 40.5 Å². The second-order valence-corrected chi connectivity index (χ2v) is 7.03. The first-order valence-corrected chi connectivity index (χ1v) is 8.45. The number of rotatable bonds is 6. The fraction of sp³-hybridized carbons (Fsp3) is 0.571. The molecule has 1 N–H and O–H groups in total. The third kappa shape index (κ3) is 3.76. The summed E-state index contributed by atoms with van der Waals surface area (Å²) in [6, 6.07) is 0. The Morgan fingerprint density at radius 1 is 1.32 bits per heavy atom. The highest BCUT2D eigenvalue weighted by atomic mass is 32.1. The summed E-state index contributed by atoms with van der Waals surface area (Å²) in [5.41, 5.74) is 2.17. The number of aryl methyl sites for hydroxylation is 1. The van der Waals surface area contributed by atoms with Crippen molar-refractivity contribution in [2.24, 2.45) is 5.92 Å². The van der Waals surface area contributed by atoms with Gasteiger partial charge >= 0.3 is 0 Å². The van der Waals surface area contributed by atoms with Gasteiger partial charge in [0.1, 0.15) is 0 Å². The SMILES string of the molecule is CCCNc1nc(-c2sc(CC(C)C)nc2C)cs1. The summed E-state index contributed by atoms with van der Waals surface area (Å²) in [5.74, 6) is 0.649. The third-order valence-electron chi connectivity index (χ3n) is 2.69. The van der Waals surface area contributed by atoms with Crippen molar-refractivity contribution < 1.29 is 0 Å². The number of hydrogen-bond acceptors (Lipinski definition) is 5. The lowest BCUT2D eigenvalue weighted by Gasteiger charge is -1.98. The predicted octanol–water partition coefficient (Wildman–Crippen LogP) is 4.60. The molecule has 2 rings (SSSR count). The minimum atomic E-state index is 0.649. The Bertz CT molecular complexity index is 529. The van der Waals surface area contributed by atoms with Crippen LogP contribution in [0.5, 0.6) is 0 Å². The minimum absolute atomic E-state index is 0.649.